The monoisotopic (exact) mass is 268 g/mol. The van der Waals surface area contributed by atoms with Gasteiger partial charge in [-0.3, -0.25) is 9.69 Å². The third-order valence-corrected chi connectivity index (χ3v) is 4.68. The number of hydrogen-bond acceptors (Lipinski definition) is 3. The number of hydrogen-bond donors (Lipinski definition) is 1. The van der Waals surface area contributed by atoms with E-state index in [1.807, 2.05) is 11.8 Å². The maximum absolute atomic E-state index is 12.0. The summed E-state index contributed by atoms with van der Waals surface area (Å²) >= 11 is 0. The van der Waals surface area contributed by atoms with Gasteiger partial charge in [-0.2, -0.15) is 0 Å². The zero-order chi connectivity index (χ0) is 13.8. The van der Waals surface area contributed by atoms with Gasteiger partial charge in [-0.1, -0.05) is 13.3 Å². The van der Waals surface area contributed by atoms with Crippen LogP contribution in [-0.2, 0) is 4.79 Å². The van der Waals surface area contributed by atoms with E-state index in [9.17, 15) is 9.90 Å². The second-order valence-electron chi connectivity index (χ2n) is 6.31. The van der Waals surface area contributed by atoms with Crippen molar-refractivity contribution < 1.29 is 9.90 Å². The number of aliphatic hydroxyl groups excluding tert-OH is 1. The molecule has 2 fully saturated rings. The molecule has 4 heteroatoms. The first-order valence-electron chi connectivity index (χ1n) is 7.78. The van der Waals surface area contributed by atoms with Crippen LogP contribution in [0.4, 0.5) is 0 Å². The molecule has 0 radical (unpaired) electrons. The summed E-state index contributed by atoms with van der Waals surface area (Å²) in [7, 11) is 0. The van der Waals surface area contributed by atoms with Crippen LogP contribution >= 0.6 is 0 Å². The van der Waals surface area contributed by atoms with Gasteiger partial charge in [0.25, 0.3) is 0 Å². The first kappa shape index (κ1) is 14.8. The second-order valence-corrected chi connectivity index (χ2v) is 6.31. The quantitative estimate of drug-likeness (QED) is 0.825. The van der Waals surface area contributed by atoms with Crippen LogP contribution in [0.5, 0.6) is 0 Å². The van der Waals surface area contributed by atoms with Gasteiger partial charge in [-0.05, 0) is 38.0 Å². The van der Waals surface area contributed by atoms with Crippen LogP contribution in [0, 0.1) is 11.8 Å². The molecule has 19 heavy (non-hydrogen) atoms. The molecule has 2 aliphatic heterocycles. The standard InChI is InChI=1S/C15H28N2O2/c1-3-4-13-9-15(19)17(10-13)11-16-7-5-14(6-8-16)12(2)18/h12-14,18H,3-11H2,1-2H3. The van der Waals surface area contributed by atoms with Crippen molar-refractivity contribution in [3.63, 3.8) is 0 Å². The molecule has 2 rings (SSSR count). The molecule has 0 aromatic carbocycles. The normalized spacial score (nSPS) is 28.1. The number of carbonyl (C=O) groups is 1. The topological polar surface area (TPSA) is 43.8 Å². The highest BCUT2D eigenvalue weighted by Gasteiger charge is 2.31. The van der Waals surface area contributed by atoms with Crippen LogP contribution in [0.3, 0.4) is 0 Å². The Hall–Kier alpha value is -0.610. The lowest BCUT2D eigenvalue weighted by Gasteiger charge is -2.35. The van der Waals surface area contributed by atoms with Gasteiger partial charge in [0, 0.05) is 26.1 Å². The maximum Gasteiger partial charge on any atom is 0.223 e. The number of amides is 1. The summed E-state index contributed by atoms with van der Waals surface area (Å²) in [5.41, 5.74) is 0. The van der Waals surface area contributed by atoms with E-state index in [0.29, 0.717) is 17.7 Å². The van der Waals surface area contributed by atoms with Gasteiger partial charge in [0.1, 0.15) is 0 Å². The summed E-state index contributed by atoms with van der Waals surface area (Å²) in [6.07, 6.45) is 5.01. The minimum Gasteiger partial charge on any atom is -0.393 e. The summed E-state index contributed by atoms with van der Waals surface area (Å²) in [5, 5.41) is 9.60. The minimum absolute atomic E-state index is 0.190. The highest BCUT2D eigenvalue weighted by atomic mass is 16.3. The van der Waals surface area contributed by atoms with Crippen molar-refractivity contribution in [2.45, 2.75) is 52.1 Å². The van der Waals surface area contributed by atoms with Gasteiger partial charge >= 0.3 is 0 Å². The molecule has 0 aliphatic carbocycles. The molecule has 4 nitrogen and oxygen atoms in total. The highest BCUT2D eigenvalue weighted by Crippen LogP contribution is 2.24. The van der Waals surface area contributed by atoms with Crippen LogP contribution in [0.1, 0.15) is 46.0 Å². The highest BCUT2D eigenvalue weighted by molar-refractivity contribution is 5.78. The molecule has 0 aromatic heterocycles. The largest absolute Gasteiger partial charge is 0.393 e. The lowest BCUT2D eigenvalue weighted by atomic mass is 9.92. The molecule has 1 amide bonds. The molecule has 2 atom stereocenters. The molecule has 2 unspecified atom stereocenters. The van der Waals surface area contributed by atoms with E-state index in [2.05, 4.69) is 11.8 Å². The molecule has 2 aliphatic rings. The predicted molar refractivity (Wildman–Crippen MR) is 75.6 cm³/mol. The Morgan fingerprint density at radius 1 is 1.37 bits per heavy atom. The van der Waals surface area contributed by atoms with Crippen LogP contribution in [0.15, 0.2) is 0 Å². The second kappa shape index (κ2) is 6.71. The van der Waals surface area contributed by atoms with Gasteiger partial charge in [0.05, 0.1) is 12.8 Å². The van der Waals surface area contributed by atoms with E-state index in [0.717, 1.165) is 45.6 Å². The van der Waals surface area contributed by atoms with Crippen LogP contribution < -0.4 is 0 Å². The van der Waals surface area contributed by atoms with E-state index in [4.69, 9.17) is 0 Å². The van der Waals surface area contributed by atoms with Gasteiger partial charge in [-0.25, -0.2) is 0 Å². The van der Waals surface area contributed by atoms with Gasteiger partial charge in [-0.15, -0.1) is 0 Å². The van der Waals surface area contributed by atoms with Crippen LogP contribution in [0.2, 0.25) is 0 Å². The van der Waals surface area contributed by atoms with E-state index >= 15 is 0 Å². The summed E-state index contributed by atoms with van der Waals surface area (Å²) in [5.74, 6) is 1.35. The minimum atomic E-state index is -0.190. The third kappa shape index (κ3) is 3.93. The molecular formula is C15H28N2O2. The third-order valence-electron chi connectivity index (χ3n) is 4.68. The van der Waals surface area contributed by atoms with Crippen molar-refractivity contribution in [1.82, 2.24) is 9.80 Å². The molecule has 0 aromatic rings. The Morgan fingerprint density at radius 3 is 2.63 bits per heavy atom. The van der Waals surface area contributed by atoms with E-state index in [1.54, 1.807) is 0 Å². The fourth-order valence-corrected chi connectivity index (χ4v) is 3.41. The lowest BCUT2D eigenvalue weighted by molar-refractivity contribution is -0.130. The zero-order valence-corrected chi connectivity index (χ0v) is 12.3. The van der Waals surface area contributed by atoms with Gasteiger partial charge in [0.15, 0.2) is 0 Å². The Labute approximate surface area is 116 Å². The Kier molecular flexibility index (Phi) is 5.22. The van der Waals surface area contributed by atoms with Crippen molar-refractivity contribution in [2.75, 3.05) is 26.3 Å². The smallest absolute Gasteiger partial charge is 0.223 e. The fraction of sp³-hybridized carbons (Fsp3) is 0.933. The molecule has 2 saturated heterocycles. The van der Waals surface area contributed by atoms with Crippen LogP contribution in [-0.4, -0.2) is 53.2 Å². The first-order chi connectivity index (χ1) is 9.10. The zero-order valence-electron chi connectivity index (χ0n) is 12.3. The molecule has 1 N–H and O–H groups in total. The molecule has 2 heterocycles. The molecular weight excluding hydrogens is 240 g/mol. The van der Waals surface area contributed by atoms with E-state index in [-0.39, 0.29) is 6.10 Å². The van der Waals surface area contributed by atoms with Crippen molar-refractivity contribution in [2.24, 2.45) is 11.8 Å². The SMILES string of the molecule is CCCC1CC(=O)N(CN2CCC(C(C)O)CC2)C1. The van der Waals surface area contributed by atoms with Crippen molar-refractivity contribution in [1.29, 1.82) is 0 Å². The lowest BCUT2D eigenvalue weighted by Crippen LogP contribution is -2.44. The average Bonchev–Trinajstić information content (AvgIpc) is 2.71. The Bertz CT molecular complexity index is 299. The molecule has 0 spiro atoms. The number of rotatable bonds is 5. The molecule has 110 valence electrons. The number of aliphatic hydroxyl groups is 1. The molecule has 0 bridgehead atoms. The van der Waals surface area contributed by atoms with Crippen molar-refractivity contribution in [3.05, 3.63) is 0 Å². The number of carbonyl (C=O) groups excluding carboxylic acids is 1. The number of likely N-dealkylation sites (tertiary alicyclic amines) is 2. The van der Waals surface area contributed by atoms with E-state index in [1.165, 1.54) is 12.8 Å². The van der Waals surface area contributed by atoms with E-state index < -0.39 is 0 Å². The summed E-state index contributed by atoms with van der Waals surface area (Å²) < 4.78 is 0. The van der Waals surface area contributed by atoms with Gasteiger partial charge in [0.2, 0.25) is 5.91 Å². The summed E-state index contributed by atoms with van der Waals surface area (Å²) in [4.78, 5) is 16.4. The number of nitrogens with zero attached hydrogens (tertiary/aromatic N) is 2. The van der Waals surface area contributed by atoms with Crippen molar-refractivity contribution in [3.8, 4) is 0 Å². The summed E-state index contributed by atoms with van der Waals surface area (Å²) in [6.45, 7) is 7.85. The Balaban J connectivity index is 1.75. The first-order valence-corrected chi connectivity index (χ1v) is 7.78. The molecule has 0 saturated carbocycles. The Morgan fingerprint density at radius 2 is 2.05 bits per heavy atom. The summed E-state index contributed by atoms with van der Waals surface area (Å²) in [6, 6.07) is 0. The fourth-order valence-electron chi connectivity index (χ4n) is 3.41. The average molecular weight is 268 g/mol. The van der Waals surface area contributed by atoms with Crippen molar-refractivity contribution >= 4 is 5.91 Å². The predicted octanol–water partition coefficient (Wildman–Crippen LogP) is 1.69. The van der Waals surface area contributed by atoms with Crippen LogP contribution in [0.25, 0.3) is 0 Å². The van der Waals surface area contributed by atoms with Gasteiger partial charge < -0.3 is 10.0 Å². The maximum atomic E-state index is 12.0. The number of piperidine rings is 1.